The average molecular weight is 310 g/mol. The lowest BCUT2D eigenvalue weighted by atomic mass is 10.1. The zero-order chi connectivity index (χ0) is 16.1. The molecule has 0 aliphatic heterocycles. The Morgan fingerprint density at radius 1 is 1.09 bits per heavy atom. The fraction of sp³-hybridized carbons (Fsp3) is 0.214. The van der Waals surface area contributed by atoms with E-state index in [9.17, 15) is 17.6 Å². The molecule has 2 aromatic heterocycles. The number of hydrogen-bond acceptors (Lipinski definition) is 3. The number of aryl methyl sites for hydroxylation is 2. The molecule has 4 nitrogen and oxygen atoms in total. The van der Waals surface area contributed by atoms with Crippen molar-refractivity contribution in [2.45, 2.75) is 13.1 Å². The minimum Gasteiger partial charge on any atom is -0.310 e. The SMILES string of the molecule is Cc1ccc(-c2nc3cc(C(F)(F)F)nnc3n2C)c(F)c1. The second kappa shape index (κ2) is 4.75. The van der Waals surface area contributed by atoms with E-state index in [-0.39, 0.29) is 22.6 Å². The van der Waals surface area contributed by atoms with Crippen LogP contribution in [0.4, 0.5) is 17.6 Å². The Balaban J connectivity index is 2.21. The normalized spacial score (nSPS) is 12.1. The standard InChI is InChI=1S/C14H10F4N4/c1-7-3-4-8(9(15)5-7)12-19-10-6-11(14(16,17)18)20-21-13(10)22(12)2/h3-6H,1-2H3. The van der Waals surface area contributed by atoms with Gasteiger partial charge in [-0.2, -0.15) is 13.2 Å². The molecule has 0 unspecified atom stereocenters. The lowest BCUT2D eigenvalue weighted by Gasteiger charge is -2.04. The van der Waals surface area contributed by atoms with Crippen molar-refractivity contribution in [2.75, 3.05) is 0 Å². The molecule has 22 heavy (non-hydrogen) atoms. The van der Waals surface area contributed by atoms with Gasteiger partial charge in [0.05, 0.1) is 5.56 Å². The predicted octanol–water partition coefficient (Wildman–Crippen LogP) is 3.50. The minimum atomic E-state index is -4.60. The molecule has 0 amide bonds. The van der Waals surface area contributed by atoms with Gasteiger partial charge in [-0.1, -0.05) is 6.07 Å². The average Bonchev–Trinajstić information content (AvgIpc) is 2.75. The molecule has 0 spiro atoms. The molecule has 0 bridgehead atoms. The summed E-state index contributed by atoms with van der Waals surface area (Å²) in [7, 11) is 1.55. The molecule has 3 rings (SSSR count). The van der Waals surface area contributed by atoms with Crippen LogP contribution >= 0.6 is 0 Å². The summed E-state index contributed by atoms with van der Waals surface area (Å²) in [5, 5.41) is 6.70. The third-order valence-corrected chi connectivity index (χ3v) is 3.27. The highest BCUT2D eigenvalue weighted by atomic mass is 19.4. The van der Waals surface area contributed by atoms with E-state index in [1.807, 2.05) is 0 Å². The number of imidazole rings is 1. The third kappa shape index (κ3) is 2.30. The van der Waals surface area contributed by atoms with Crippen LogP contribution in [0.3, 0.4) is 0 Å². The van der Waals surface area contributed by atoms with Crippen molar-refractivity contribution >= 4 is 11.2 Å². The van der Waals surface area contributed by atoms with Gasteiger partial charge < -0.3 is 4.57 Å². The first-order valence-electron chi connectivity index (χ1n) is 6.31. The second-order valence-electron chi connectivity index (χ2n) is 4.91. The minimum absolute atomic E-state index is 0.0137. The predicted molar refractivity (Wildman–Crippen MR) is 71.4 cm³/mol. The maximum absolute atomic E-state index is 14.0. The van der Waals surface area contributed by atoms with E-state index in [1.165, 1.54) is 16.7 Å². The van der Waals surface area contributed by atoms with Gasteiger partial charge in [-0.3, -0.25) is 0 Å². The Morgan fingerprint density at radius 3 is 2.45 bits per heavy atom. The molecule has 114 valence electrons. The molecule has 0 atom stereocenters. The summed E-state index contributed by atoms with van der Waals surface area (Å²) >= 11 is 0. The summed E-state index contributed by atoms with van der Waals surface area (Å²) in [6, 6.07) is 5.37. The highest BCUT2D eigenvalue weighted by Gasteiger charge is 2.34. The van der Waals surface area contributed by atoms with Crippen LogP contribution in [-0.2, 0) is 13.2 Å². The number of aromatic nitrogens is 4. The molecule has 0 fully saturated rings. The van der Waals surface area contributed by atoms with E-state index in [1.54, 1.807) is 20.0 Å². The highest BCUT2D eigenvalue weighted by Crippen LogP contribution is 2.30. The number of fused-ring (bicyclic) bond motifs is 1. The molecule has 8 heteroatoms. The molecular formula is C14H10F4N4. The lowest BCUT2D eigenvalue weighted by molar-refractivity contribution is -0.141. The molecule has 0 saturated carbocycles. The maximum Gasteiger partial charge on any atom is 0.435 e. The first kappa shape index (κ1) is 14.4. The molecular weight excluding hydrogens is 300 g/mol. The smallest absolute Gasteiger partial charge is 0.310 e. The summed E-state index contributed by atoms with van der Waals surface area (Å²) in [6.45, 7) is 1.74. The van der Waals surface area contributed by atoms with Crippen molar-refractivity contribution in [2.24, 2.45) is 7.05 Å². The van der Waals surface area contributed by atoms with Gasteiger partial charge in [0.2, 0.25) is 0 Å². The van der Waals surface area contributed by atoms with E-state index in [0.717, 1.165) is 11.6 Å². The quantitative estimate of drug-likeness (QED) is 0.646. The van der Waals surface area contributed by atoms with E-state index in [4.69, 9.17) is 0 Å². The summed E-state index contributed by atoms with van der Waals surface area (Å²) in [5.74, 6) is -0.302. The van der Waals surface area contributed by atoms with Gasteiger partial charge in [-0.05, 0) is 24.6 Å². The Bertz CT molecular complexity index is 867. The fourth-order valence-electron chi connectivity index (χ4n) is 2.17. The zero-order valence-electron chi connectivity index (χ0n) is 11.6. The van der Waals surface area contributed by atoms with Crippen LogP contribution in [0.15, 0.2) is 24.3 Å². The number of nitrogens with zero attached hydrogens (tertiary/aromatic N) is 4. The number of alkyl halides is 3. The number of halogens is 4. The summed E-state index contributed by atoms with van der Waals surface area (Å²) in [4.78, 5) is 4.07. The van der Waals surface area contributed by atoms with E-state index < -0.39 is 17.7 Å². The molecule has 0 N–H and O–H groups in total. The molecule has 0 aliphatic carbocycles. The van der Waals surface area contributed by atoms with Crippen LogP contribution in [0.25, 0.3) is 22.6 Å². The van der Waals surface area contributed by atoms with Crippen LogP contribution in [-0.4, -0.2) is 19.7 Å². The second-order valence-corrected chi connectivity index (χ2v) is 4.91. The molecule has 0 saturated heterocycles. The van der Waals surface area contributed by atoms with E-state index in [2.05, 4.69) is 15.2 Å². The third-order valence-electron chi connectivity index (χ3n) is 3.27. The Morgan fingerprint density at radius 2 is 1.82 bits per heavy atom. The van der Waals surface area contributed by atoms with Crippen molar-refractivity contribution in [1.29, 1.82) is 0 Å². The van der Waals surface area contributed by atoms with Crippen molar-refractivity contribution in [3.05, 3.63) is 41.3 Å². The zero-order valence-corrected chi connectivity index (χ0v) is 11.6. The lowest BCUT2D eigenvalue weighted by Crippen LogP contribution is -2.09. The van der Waals surface area contributed by atoms with Crippen molar-refractivity contribution < 1.29 is 17.6 Å². The summed E-state index contributed by atoms with van der Waals surface area (Å²) < 4.78 is 53.4. The molecule has 0 radical (unpaired) electrons. The van der Waals surface area contributed by atoms with E-state index in [0.29, 0.717) is 0 Å². The van der Waals surface area contributed by atoms with Crippen molar-refractivity contribution in [3.63, 3.8) is 0 Å². The summed E-state index contributed by atoms with van der Waals surface area (Å²) in [6.07, 6.45) is -4.60. The molecule has 2 heterocycles. The van der Waals surface area contributed by atoms with Crippen LogP contribution in [0.1, 0.15) is 11.3 Å². The number of hydrogen-bond donors (Lipinski definition) is 0. The van der Waals surface area contributed by atoms with E-state index >= 15 is 0 Å². The van der Waals surface area contributed by atoms with Gasteiger partial charge in [-0.15, -0.1) is 10.2 Å². The van der Waals surface area contributed by atoms with Crippen molar-refractivity contribution in [1.82, 2.24) is 19.7 Å². The largest absolute Gasteiger partial charge is 0.435 e. The van der Waals surface area contributed by atoms with Crippen molar-refractivity contribution in [3.8, 4) is 11.4 Å². The Labute approximate surface area is 122 Å². The molecule has 0 aliphatic rings. The fourth-order valence-corrected chi connectivity index (χ4v) is 2.17. The first-order chi connectivity index (χ1) is 10.3. The van der Waals surface area contributed by atoms with Crippen LogP contribution in [0, 0.1) is 12.7 Å². The van der Waals surface area contributed by atoms with Gasteiger partial charge >= 0.3 is 6.18 Å². The van der Waals surface area contributed by atoms with Crippen LogP contribution in [0.5, 0.6) is 0 Å². The topological polar surface area (TPSA) is 43.6 Å². The molecule has 1 aromatic carbocycles. The van der Waals surface area contributed by atoms with Crippen LogP contribution < -0.4 is 0 Å². The van der Waals surface area contributed by atoms with Gasteiger partial charge in [0.25, 0.3) is 0 Å². The number of rotatable bonds is 1. The Kier molecular flexibility index (Phi) is 3.12. The van der Waals surface area contributed by atoms with Gasteiger partial charge in [-0.25, -0.2) is 9.37 Å². The first-order valence-corrected chi connectivity index (χ1v) is 6.31. The maximum atomic E-state index is 14.0. The number of benzene rings is 1. The van der Waals surface area contributed by atoms with Crippen LogP contribution in [0.2, 0.25) is 0 Å². The van der Waals surface area contributed by atoms with Gasteiger partial charge in [0, 0.05) is 13.1 Å². The summed E-state index contributed by atoms with van der Waals surface area (Å²) in [5.41, 5.74) is -0.0318. The highest BCUT2D eigenvalue weighted by molar-refractivity contribution is 5.77. The van der Waals surface area contributed by atoms with Gasteiger partial charge in [0.15, 0.2) is 11.3 Å². The monoisotopic (exact) mass is 310 g/mol. The van der Waals surface area contributed by atoms with Gasteiger partial charge in [0.1, 0.15) is 17.2 Å². The Hall–Kier alpha value is -2.51. The molecule has 3 aromatic rings.